The SMILES string of the molecule is CCOc1ccc(N2C(=O)[C@@H]3[C@@H](c4ccccc4)N4CCCN4[C@]3(c3ccccc3)C2=O)cc1. The Balaban J connectivity index is 1.54. The first-order valence-corrected chi connectivity index (χ1v) is 11.9. The predicted molar refractivity (Wildman–Crippen MR) is 129 cm³/mol. The number of nitrogens with zero attached hydrogens (tertiary/aromatic N) is 3. The summed E-state index contributed by atoms with van der Waals surface area (Å²) in [6, 6.07) is 27.0. The topological polar surface area (TPSA) is 53.1 Å². The molecule has 0 unspecified atom stereocenters. The second-order valence-corrected chi connectivity index (χ2v) is 9.01. The number of hydrogen-bond donors (Lipinski definition) is 0. The number of anilines is 1. The summed E-state index contributed by atoms with van der Waals surface area (Å²) < 4.78 is 5.57. The molecule has 3 atom stereocenters. The van der Waals surface area contributed by atoms with E-state index in [1.54, 1.807) is 12.1 Å². The van der Waals surface area contributed by atoms with Gasteiger partial charge in [0.25, 0.3) is 5.91 Å². The van der Waals surface area contributed by atoms with Crippen molar-refractivity contribution in [2.45, 2.75) is 24.9 Å². The lowest BCUT2D eigenvalue weighted by molar-refractivity contribution is -0.134. The molecule has 3 aliphatic rings. The fourth-order valence-corrected chi connectivity index (χ4v) is 6.09. The molecule has 34 heavy (non-hydrogen) atoms. The van der Waals surface area contributed by atoms with Gasteiger partial charge in [0.05, 0.1) is 24.3 Å². The van der Waals surface area contributed by atoms with E-state index in [9.17, 15) is 9.59 Å². The maximum absolute atomic E-state index is 14.5. The number of imide groups is 1. The molecule has 172 valence electrons. The maximum atomic E-state index is 14.5. The molecular weight excluding hydrogens is 426 g/mol. The molecule has 3 aromatic rings. The smallest absolute Gasteiger partial charge is 0.261 e. The zero-order valence-electron chi connectivity index (χ0n) is 19.1. The molecule has 0 saturated carbocycles. The average molecular weight is 454 g/mol. The summed E-state index contributed by atoms with van der Waals surface area (Å²) in [5, 5.41) is 4.44. The van der Waals surface area contributed by atoms with Gasteiger partial charge in [-0.05, 0) is 48.7 Å². The van der Waals surface area contributed by atoms with Crippen LogP contribution in [0.3, 0.4) is 0 Å². The van der Waals surface area contributed by atoms with Crippen LogP contribution in [0.4, 0.5) is 5.69 Å². The number of hydrazine groups is 1. The second kappa shape index (κ2) is 8.08. The summed E-state index contributed by atoms with van der Waals surface area (Å²) in [6.45, 7) is 4.06. The molecule has 0 N–H and O–H groups in total. The number of rotatable bonds is 5. The summed E-state index contributed by atoms with van der Waals surface area (Å²) >= 11 is 0. The number of carbonyl (C=O) groups is 2. The van der Waals surface area contributed by atoms with Crippen molar-refractivity contribution in [1.82, 2.24) is 10.0 Å². The van der Waals surface area contributed by atoms with Gasteiger partial charge in [-0.15, -0.1) is 0 Å². The minimum atomic E-state index is -1.06. The predicted octanol–water partition coefficient (Wildman–Crippen LogP) is 4.15. The number of amides is 2. The largest absolute Gasteiger partial charge is 0.494 e. The van der Waals surface area contributed by atoms with Gasteiger partial charge in [0.2, 0.25) is 5.91 Å². The minimum Gasteiger partial charge on any atom is -0.494 e. The number of fused-ring (bicyclic) bond motifs is 3. The zero-order chi connectivity index (χ0) is 23.3. The normalized spacial score (nSPS) is 26.7. The van der Waals surface area contributed by atoms with Crippen molar-refractivity contribution < 1.29 is 14.3 Å². The van der Waals surface area contributed by atoms with Crippen LogP contribution < -0.4 is 9.64 Å². The van der Waals surface area contributed by atoms with Crippen LogP contribution in [0.25, 0.3) is 0 Å². The lowest BCUT2D eigenvalue weighted by atomic mass is 9.75. The lowest BCUT2D eigenvalue weighted by Gasteiger charge is -2.36. The molecule has 6 nitrogen and oxygen atoms in total. The van der Waals surface area contributed by atoms with Crippen molar-refractivity contribution >= 4 is 17.5 Å². The first-order valence-electron chi connectivity index (χ1n) is 11.9. The van der Waals surface area contributed by atoms with Gasteiger partial charge in [-0.1, -0.05) is 60.7 Å². The summed E-state index contributed by atoms with van der Waals surface area (Å²) in [5.74, 6) is -0.155. The third kappa shape index (κ3) is 2.82. The number of hydrogen-bond acceptors (Lipinski definition) is 5. The van der Waals surface area contributed by atoms with E-state index < -0.39 is 11.5 Å². The number of ether oxygens (including phenoxy) is 1. The molecular formula is C28H27N3O3. The van der Waals surface area contributed by atoms with E-state index >= 15 is 0 Å². The quantitative estimate of drug-likeness (QED) is 0.544. The molecule has 2 amide bonds. The van der Waals surface area contributed by atoms with E-state index in [1.165, 1.54) is 4.90 Å². The molecule has 0 spiro atoms. The molecule has 3 aromatic carbocycles. The van der Waals surface area contributed by atoms with Crippen molar-refractivity contribution in [3.63, 3.8) is 0 Å². The van der Waals surface area contributed by atoms with E-state index in [0.717, 1.165) is 36.4 Å². The Kier molecular flexibility index (Phi) is 5.01. The highest BCUT2D eigenvalue weighted by molar-refractivity contribution is 6.26. The van der Waals surface area contributed by atoms with Crippen molar-refractivity contribution in [3.8, 4) is 5.75 Å². The molecule has 3 fully saturated rings. The lowest BCUT2D eigenvalue weighted by Crippen LogP contribution is -2.52. The van der Waals surface area contributed by atoms with E-state index in [-0.39, 0.29) is 17.9 Å². The third-order valence-corrected chi connectivity index (χ3v) is 7.34. The van der Waals surface area contributed by atoms with E-state index in [1.807, 2.05) is 67.6 Å². The summed E-state index contributed by atoms with van der Waals surface area (Å²) in [4.78, 5) is 30.1. The molecule has 6 heteroatoms. The standard InChI is InChI=1S/C28H27N3O3/c1-2-34-23-16-14-22(15-17-23)31-26(32)24-25(20-10-5-3-6-11-20)29-18-9-19-30(29)28(24,27(31)33)21-12-7-4-8-13-21/h3-8,10-17,24-25H,2,9,18-19H2,1H3/t24-,25+,28-/m0/s1. The van der Waals surface area contributed by atoms with E-state index in [2.05, 4.69) is 22.2 Å². The highest BCUT2D eigenvalue weighted by Gasteiger charge is 2.73. The fraction of sp³-hybridized carbons (Fsp3) is 0.286. The molecule has 0 bridgehead atoms. The molecule has 3 heterocycles. The van der Waals surface area contributed by atoms with Crippen LogP contribution in [-0.4, -0.2) is 41.5 Å². The second-order valence-electron chi connectivity index (χ2n) is 9.01. The highest BCUT2D eigenvalue weighted by atomic mass is 16.5. The molecule has 0 aliphatic carbocycles. The highest BCUT2D eigenvalue weighted by Crippen LogP contribution is 2.59. The van der Waals surface area contributed by atoms with Crippen molar-refractivity contribution in [1.29, 1.82) is 0 Å². The van der Waals surface area contributed by atoms with Gasteiger partial charge < -0.3 is 4.74 Å². The van der Waals surface area contributed by atoms with E-state index in [4.69, 9.17) is 4.74 Å². The van der Waals surface area contributed by atoms with Gasteiger partial charge in [-0.3, -0.25) is 9.59 Å². The number of carbonyl (C=O) groups excluding carboxylic acids is 2. The first-order chi connectivity index (χ1) is 16.7. The maximum Gasteiger partial charge on any atom is 0.261 e. The van der Waals surface area contributed by atoms with Gasteiger partial charge in [-0.2, -0.15) is 0 Å². The monoisotopic (exact) mass is 453 g/mol. The molecule has 3 saturated heterocycles. The minimum absolute atomic E-state index is 0.152. The van der Waals surface area contributed by atoms with Crippen LogP contribution >= 0.6 is 0 Å². The van der Waals surface area contributed by atoms with Crippen molar-refractivity contribution in [2.75, 3.05) is 24.6 Å². The van der Waals surface area contributed by atoms with Gasteiger partial charge in [-0.25, -0.2) is 14.9 Å². The Morgan fingerprint density at radius 2 is 1.56 bits per heavy atom. The average Bonchev–Trinajstić information content (AvgIpc) is 3.52. The summed E-state index contributed by atoms with van der Waals surface area (Å²) in [6.07, 6.45) is 0.954. The van der Waals surface area contributed by atoms with Crippen molar-refractivity contribution in [2.24, 2.45) is 5.92 Å². The Hall–Kier alpha value is -3.48. The molecule has 6 rings (SSSR count). The molecule has 3 aliphatic heterocycles. The van der Waals surface area contributed by atoms with Gasteiger partial charge in [0.15, 0.2) is 5.54 Å². The summed E-state index contributed by atoms with van der Waals surface area (Å²) in [7, 11) is 0. The van der Waals surface area contributed by atoms with Crippen molar-refractivity contribution in [3.05, 3.63) is 96.1 Å². The fourth-order valence-electron chi connectivity index (χ4n) is 6.09. The molecule has 0 radical (unpaired) electrons. The third-order valence-electron chi connectivity index (χ3n) is 7.34. The van der Waals surface area contributed by atoms with Gasteiger partial charge in [0.1, 0.15) is 5.75 Å². The Morgan fingerprint density at radius 3 is 2.24 bits per heavy atom. The van der Waals surface area contributed by atoms with Crippen LogP contribution in [0.5, 0.6) is 5.75 Å². The van der Waals surface area contributed by atoms with Crippen LogP contribution in [0, 0.1) is 5.92 Å². The Morgan fingerprint density at radius 1 is 0.882 bits per heavy atom. The molecule has 0 aromatic heterocycles. The van der Waals surface area contributed by atoms with Gasteiger partial charge in [0, 0.05) is 13.1 Å². The zero-order valence-corrected chi connectivity index (χ0v) is 19.1. The van der Waals surface area contributed by atoms with Crippen LogP contribution in [0.2, 0.25) is 0 Å². The van der Waals surface area contributed by atoms with Crippen LogP contribution in [-0.2, 0) is 15.1 Å². The summed E-state index contributed by atoms with van der Waals surface area (Å²) in [5.41, 5.74) is 1.46. The van der Waals surface area contributed by atoms with Crippen LogP contribution in [0.1, 0.15) is 30.5 Å². The van der Waals surface area contributed by atoms with Crippen LogP contribution in [0.15, 0.2) is 84.9 Å². The van der Waals surface area contributed by atoms with E-state index in [0.29, 0.717) is 12.3 Å². The van der Waals surface area contributed by atoms with Gasteiger partial charge >= 0.3 is 0 Å². The Labute approximate surface area is 199 Å². The first kappa shape index (κ1) is 21.1. The number of benzene rings is 3. The Bertz CT molecular complexity index is 1210.